The molecular weight excluding hydrogens is 342 g/mol. The molecule has 0 unspecified atom stereocenters. The van der Waals surface area contributed by atoms with Gasteiger partial charge in [-0.15, -0.1) is 10.2 Å². The maximum absolute atomic E-state index is 6.36. The van der Waals surface area contributed by atoms with Crippen molar-refractivity contribution in [3.8, 4) is 0 Å². The van der Waals surface area contributed by atoms with Gasteiger partial charge in [0.2, 0.25) is 0 Å². The lowest BCUT2D eigenvalue weighted by Crippen LogP contribution is -2.19. The molecule has 0 amide bonds. The molecule has 0 atom stereocenters. The van der Waals surface area contributed by atoms with Crippen LogP contribution < -0.4 is 5.32 Å². The minimum Gasteiger partial charge on any atom is -0.312 e. The Morgan fingerprint density at radius 2 is 2.05 bits per heavy atom. The van der Waals surface area contributed by atoms with Crippen LogP contribution in [0, 0.1) is 5.92 Å². The first-order valence-electron chi connectivity index (χ1n) is 6.63. The summed E-state index contributed by atoms with van der Waals surface area (Å²) >= 11 is 11.2. The third-order valence-electron chi connectivity index (χ3n) is 2.67. The third kappa shape index (κ3) is 5.14. The van der Waals surface area contributed by atoms with E-state index in [0.717, 1.165) is 31.7 Å². The molecule has 21 heavy (non-hydrogen) atoms. The molecule has 114 valence electrons. The Balaban J connectivity index is 2.13. The topological polar surface area (TPSA) is 37.8 Å². The van der Waals surface area contributed by atoms with Crippen molar-refractivity contribution in [2.75, 3.05) is 12.8 Å². The van der Waals surface area contributed by atoms with Crippen molar-refractivity contribution in [1.82, 2.24) is 15.5 Å². The van der Waals surface area contributed by atoms with Crippen molar-refractivity contribution in [2.45, 2.75) is 34.0 Å². The third-order valence-corrected chi connectivity index (χ3v) is 6.23. The van der Waals surface area contributed by atoms with E-state index >= 15 is 0 Å². The Morgan fingerprint density at radius 3 is 2.71 bits per heavy atom. The lowest BCUT2D eigenvalue weighted by atomic mass is 10.2. The second-order valence-electron chi connectivity index (χ2n) is 4.89. The van der Waals surface area contributed by atoms with Crippen LogP contribution in [0.4, 0.5) is 0 Å². The van der Waals surface area contributed by atoms with Gasteiger partial charge in [-0.2, -0.15) is 0 Å². The Labute approximate surface area is 143 Å². The molecule has 3 nitrogen and oxygen atoms in total. The van der Waals surface area contributed by atoms with E-state index in [4.69, 9.17) is 11.6 Å². The van der Waals surface area contributed by atoms with Gasteiger partial charge in [0.05, 0.1) is 5.02 Å². The molecule has 0 aliphatic carbocycles. The summed E-state index contributed by atoms with van der Waals surface area (Å²) in [5.41, 5.74) is 1.20. The van der Waals surface area contributed by atoms with Gasteiger partial charge < -0.3 is 5.32 Å². The summed E-state index contributed by atoms with van der Waals surface area (Å²) in [5, 5.41) is 12.6. The van der Waals surface area contributed by atoms with Crippen LogP contribution in [0.1, 0.15) is 19.4 Å². The van der Waals surface area contributed by atoms with Gasteiger partial charge in [-0.05, 0) is 30.3 Å². The molecule has 2 rings (SSSR count). The minimum atomic E-state index is 0.632. The number of nitrogens with zero attached hydrogens (tertiary/aromatic N) is 2. The molecule has 1 aromatic carbocycles. The number of rotatable bonds is 7. The van der Waals surface area contributed by atoms with E-state index < -0.39 is 0 Å². The number of halogens is 1. The molecule has 1 aromatic heterocycles. The molecule has 0 saturated carbocycles. The van der Waals surface area contributed by atoms with E-state index in [9.17, 15) is 0 Å². The van der Waals surface area contributed by atoms with Gasteiger partial charge in [-0.1, -0.05) is 72.4 Å². The van der Waals surface area contributed by atoms with Crippen molar-refractivity contribution >= 4 is 46.5 Å². The van der Waals surface area contributed by atoms with Gasteiger partial charge in [0.25, 0.3) is 0 Å². The van der Waals surface area contributed by atoms with E-state index in [1.165, 1.54) is 5.56 Å². The zero-order valence-electron chi connectivity index (χ0n) is 12.2. The molecule has 0 aliphatic heterocycles. The van der Waals surface area contributed by atoms with Crippen LogP contribution in [0.2, 0.25) is 5.02 Å². The zero-order valence-corrected chi connectivity index (χ0v) is 15.4. The predicted octanol–water partition coefficient (Wildman–Crippen LogP) is 4.81. The Hall–Kier alpha value is -0.270. The Kier molecular flexibility index (Phi) is 6.82. The van der Waals surface area contributed by atoms with Gasteiger partial charge in [0.15, 0.2) is 8.68 Å². The molecule has 2 aromatic rings. The normalized spacial score (nSPS) is 11.3. The number of nitrogens with one attached hydrogen (secondary N) is 1. The molecule has 0 spiro atoms. The van der Waals surface area contributed by atoms with Gasteiger partial charge in [-0.25, -0.2) is 0 Å². The SMILES string of the molecule is CSc1nnc(Sc2c(Cl)cccc2CNCC(C)C)s1. The second kappa shape index (κ2) is 8.39. The Bertz CT molecular complexity index is 587. The fraction of sp³-hybridized carbons (Fsp3) is 0.429. The summed E-state index contributed by atoms with van der Waals surface area (Å²) in [7, 11) is 0. The van der Waals surface area contributed by atoms with Gasteiger partial charge in [0.1, 0.15) is 0 Å². The van der Waals surface area contributed by atoms with Gasteiger partial charge in [0, 0.05) is 11.4 Å². The highest BCUT2D eigenvalue weighted by Crippen LogP contribution is 2.38. The lowest BCUT2D eigenvalue weighted by molar-refractivity contribution is 0.550. The van der Waals surface area contributed by atoms with E-state index in [2.05, 4.69) is 35.4 Å². The largest absolute Gasteiger partial charge is 0.312 e. The van der Waals surface area contributed by atoms with E-state index in [0.29, 0.717) is 5.92 Å². The van der Waals surface area contributed by atoms with Crippen LogP contribution in [0.25, 0.3) is 0 Å². The van der Waals surface area contributed by atoms with Gasteiger partial charge >= 0.3 is 0 Å². The van der Waals surface area contributed by atoms with Crippen LogP contribution in [0.3, 0.4) is 0 Å². The lowest BCUT2D eigenvalue weighted by Gasteiger charge is -2.12. The standard InChI is InChI=1S/C14H18ClN3S3/c1-9(2)7-16-8-10-5-4-6-11(15)12(10)20-14-18-17-13(19-3)21-14/h4-6,9,16H,7-8H2,1-3H3. The molecule has 1 N–H and O–H groups in total. The maximum atomic E-state index is 6.36. The van der Waals surface area contributed by atoms with Crippen molar-refractivity contribution in [2.24, 2.45) is 5.92 Å². The van der Waals surface area contributed by atoms with Crippen LogP contribution >= 0.6 is 46.5 Å². The van der Waals surface area contributed by atoms with Gasteiger partial charge in [-0.3, -0.25) is 0 Å². The highest BCUT2D eigenvalue weighted by molar-refractivity contribution is 8.03. The fourth-order valence-corrected chi connectivity index (χ4v) is 4.53. The first-order valence-corrected chi connectivity index (χ1v) is 9.87. The second-order valence-corrected chi connectivity index (χ2v) is 8.59. The maximum Gasteiger partial charge on any atom is 0.179 e. The predicted molar refractivity (Wildman–Crippen MR) is 93.8 cm³/mol. The first-order chi connectivity index (χ1) is 10.1. The molecule has 0 bridgehead atoms. The van der Waals surface area contributed by atoms with Crippen LogP contribution in [0.15, 0.2) is 31.8 Å². The summed E-state index contributed by atoms with van der Waals surface area (Å²) in [6, 6.07) is 6.02. The number of hydrogen-bond donors (Lipinski definition) is 1. The molecule has 7 heteroatoms. The molecule has 0 radical (unpaired) electrons. The van der Waals surface area contributed by atoms with Crippen LogP contribution in [-0.4, -0.2) is 23.0 Å². The number of aromatic nitrogens is 2. The van der Waals surface area contributed by atoms with E-state index in [1.807, 2.05) is 18.4 Å². The summed E-state index contributed by atoms with van der Waals surface area (Å²) in [4.78, 5) is 1.07. The van der Waals surface area contributed by atoms with E-state index in [1.54, 1.807) is 34.9 Å². The minimum absolute atomic E-state index is 0.632. The average Bonchev–Trinajstić information content (AvgIpc) is 2.90. The van der Waals surface area contributed by atoms with Crippen molar-refractivity contribution in [1.29, 1.82) is 0 Å². The van der Waals surface area contributed by atoms with E-state index in [-0.39, 0.29) is 0 Å². The van der Waals surface area contributed by atoms with Crippen LogP contribution in [0.5, 0.6) is 0 Å². The number of benzene rings is 1. The Morgan fingerprint density at radius 1 is 1.29 bits per heavy atom. The quantitative estimate of drug-likeness (QED) is 0.718. The summed E-state index contributed by atoms with van der Waals surface area (Å²) < 4.78 is 1.90. The fourth-order valence-electron chi connectivity index (χ4n) is 1.71. The van der Waals surface area contributed by atoms with Crippen molar-refractivity contribution in [3.05, 3.63) is 28.8 Å². The monoisotopic (exact) mass is 359 g/mol. The highest BCUT2D eigenvalue weighted by Gasteiger charge is 2.12. The molecule has 0 saturated heterocycles. The molecule has 1 heterocycles. The highest BCUT2D eigenvalue weighted by atomic mass is 35.5. The number of hydrogen-bond acceptors (Lipinski definition) is 6. The first kappa shape index (κ1) is 17.1. The van der Waals surface area contributed by atoms with Crippen molar-refractivity contribution in [3.63, 3.8) is 0 Å². The zero-order chi connectivity index (χ0) is 15.2. The smallest absolute Gasteiger partial charge is 0.179 e. The summed E-state index contributed by atoms with van der Waals surface area (Å²) in [6.07, 6.45) is 2.01. The van der Waals surface area contributed by atoms with Crippen molar-refractivity contribution < 1.29 is 0 Å². The molecule has 0 aliphatic rings. The number of thioether (sulfide) groups is 1. The average molecular weight is 360 g/mol. The summed E-state index contributed by atoms with van der Waals surface area (Å²) in [5.74, 6) is 0.632. The summed E-state index contributed by atoms with van der Waals surface area (Å²) in [6.45, 7) is 6.21. The van der Waals surface area contributed by atoms with Crippen LogP contribution in [-0.2, 0) is 6.54 Å². The molecule has 0 fully saturated rings. The molecular formula is C14H18ClN3S3.